The fraction of sp³-hybridized carbons (Fsp3) is 0.360. The summed E-state index contributed by atoms with van der Waals surface area (Å²) in [5.41, 5.74) is 0.792. The minimum atomic E-state index is -4.56. The average molecular weight is 505 g/mol. The Morgan fingerprint density at radius 1 is 1.22 bits per heavy atom. The number of nitrogens with zero attached hydrogens (tertiary/aromatic N) is 1. The molecule has 3 amide bonds. The Kier molecular flexibility index (Phi) is 6.96. The standard InChI is InChI=1S/C25H26F3N3O5/c1-31-20-6-4-5-19(18(20)12-29-23(31)33)30-22(32)9-15-11-24(13-34-2,14-35-3)36-21-10-16(25(26,27)28)7-8-17(15)21/h4-10H,11-14H2,1-3H3,(H,29,33)(H,30,32)/b15-9+. The second-order valence-electron chi connectivity index (χ2n) is 8.72. The Labute approximate surface area is 206 Å². The summed E-state index contributed by atoms with van der Waals surface area (Å²) in [6, 6.07) is 8.15. The maximum Gasteiger partial charge on any atom is 0.416 e. The first-order valence-electron chi connectivity index (χ1n) is 11.1. The van der Waals surface area contributed by atoms with Crippen LogP contribution >= 0.6 is 0 Å². The molecule has 2 aromatic rings. The van der Waals surface area contributed by atoms with E-state index in [9.17, 15) is 22.8 Å². The van der Waals surface area contributed by atoms with Crippen LogP contribution in [0.25, 0.3) is 5.57 Å². The molecular weight excluding hydrogens is 479 g/mol. The monoisotopic (exact) mass is 505 g/mol. The van der Waals surface area contributed by atoms with E-state index in [0.29, 0.717) is 22.5 Å². The van der Waals surface area contributed by atoms with E-state index in [2.05, 4.69) is 10.6 Å². The summed E-state index contributed by atoms with van der Waals surface area (Å²) in [5.74, 6) is -0.486. The van der Waals surface area contributed by atoms with Crippen molar-refractivity contribution in [2.45, 2.75) is 24.7 Å². The summed E-state index contributed by atoms with van der Waals surface area (Å²) in [7, 11) is 4.53. The van der Waals surface area contributed by atoms with Crippen LogP contribution in [-0.2, 0) is 27.0 Å². The van der Waals surface area contributed by atoms with E-state index >= 15 is 0 Å². The van der Waals surface area contributed by atoms with E-state index in [0.717, 1.165) is 17.7 Å². The maximum absolute atomic E-state index is 13.4. The van der Waals surface area contributed by atoms with Crippen molar-refractivity contribution in [3.8, 4) is 5.75 Å². The number of ether oxygens (including phenoxy) is 3. The molecular formula is C25H26F3N3O5. The molecule has 11 heteroatoms. The molecule has 2 aromatic carbocycles. The Morgan fingerprint density at radius 3 is 2.61 bits per heavy atom. The number of rotatable bonds is 6. The highest BCUT2D eigenvalue weighted by molar-refractivity contribution is 6.06. The summed E-state index contributed by atoms with van der Waals surface area (Å²) in [6.07, 6.45) is -3.04. The molecule has 0 spiro atoms. The number of methoxy groups -OCH3 is 2. The van der Waals surface area contributed by atoms with Gasteiger partial charge in [-0.25, -0.2) is 4.79 Å². The molecule has 0 bridgehead atoms. The minimum absolute atomic E-state index is 0.00866. The van der Waals surface area contributed by atoms with Gasteiger partial charge >= 0.3 is 12.2 Å². The van der Waals surface area contributed by atoms with Gasteiger partial charge in [-0.2, -0.15) is 13.2 Å². The van der Waals surface area contributed by atoms with Crippen LogP contribution in [0.4, 0.5) is 29.3 Å². The van der Waals surface area contributed by atoms with Crippen molar-refractivity contribution in [3.63, 3.8) is 0 Å². The zero-order valence-electron chi connectivity index (χ0n) is 20.0. The topological polar surface area (TPSA) is 89.1 Å². The highest BCUT2D eigenvalue weighted by atomic mass is 19.4. The van der Waals surface area contributed by atoms with E-state index in [1.165, 1.54) is 31.3 Å². The molecule has 0 atom stereocenters. The zero-order valence-corrected chi connectivity index (χ0v) is 20.0. The lowest BCUT2D eigenvalue weighted by Gasteiger charge is -2.39. The predicted molar refractivity (Wildman–Crippen MR) is 127 cm³/mol. The van der Waals surface area contributed by atoms with Crippen molar-refractivity contribution >= 4 is 28.9 Å². The first-order valence-corrected chi connectivity index (χ1v) is 11.1. The highest BCUT2D eigenvalue weighted by Crippen LogP contribution is 2.43. The van der Waals surface area contributed by atoms with Gasteiger partial charge in [-0.15, -0.1) is 0 Å². The van der Waals surface area contributed by atoms with Gasteiger partial charge in [-0.1, -0.05) is 12.1 Å². The number of benzene rings is 2. The number of anilines is 2. The molecule has 0 fully saturated rings. The third kappa shape index (κ3) is 5.02. The molecule has 8 nitrogen and oxygen atoms in total. The zero-order chi connectivity index (χ0) is 26.1. The second kappa shape index (κ2) is 9.82. The third-order valence-electron chi connectivity index (χ3n) is 6.11. The van der Waals surface area contributed by atoms with Gasteiger partial charge < -0.3 is 24.8 Å². The second-order valence-corrected chi connectivity index (χ2v) is 8.72. The minimum Gasteiger partial charge on any atom is -0.481 e. The number of amides is 3. The number of fused-ring (bicyclic) bond motifs is 2. The number of carbonyl (C=O) groups excluding carboxylic acids is 2. The molecule has 0 saturated carbocycles. The van der Waals surface area contributed by atoms with Crippen molar-refractivity contribution in [2.24, 2.45) is 0 Å². The Morgan fingerprint density at radius 2 is 1.94 bits per heavy atom. The smallest absolute Gasteiger partial charge is 0.416 e. The van der Waals surface area contributed by atoms with Crippen molar-refractivity contribution in [1.82, 2.24) is 5.32 Å². The largest absolute Gasteiger partial charge is 0.481 e. The van der Waals surface area contributed by atoms with E-state index in [4.69, 9.17) is 14.2 Å². The van der Waals surface area contributed by atoms with Crippen molar-refractivity contribution < 1.29 is 37.0 Å². The first kappa shape index (κ1) is 25.5. The van der Waals surface area contributed by atoms with Crippen LogP contribution < -0.4 is 20.3 Å². The Hall–Kier alpha value is -3.57. The molecule has 2 aliphatic rings. The van der Waals surface area contributed by atoms with Gasteiger partial charge in [0.1, 0.15) is 5.75 Å². The molecule has 0 unspecified atom stereocenters. The van der Waals surface area contributed by atoms with Gasteiger partial charge in [-0.3, -0.25) is 9.69 Å². The molecule has 192 valence electrons. The molecule has 2 aliphatic heterocycles. The Balaban J connectivity index is 1.71. The van der Waals surface area contributed by atoms with E-state index < -0.39 is 23.2 Å². The van der Waals surface area contributed by atoms with Crippen LogP contribution in [0.5, 0.6) is 5.75 Å². The summed E-state index contributed by atoms with van der Waals surface area (Å²) in [5, 5.41) is 5.57. The summed E-state index contributed by atoms with van der Waals surface area (Å²) in [6.45, 7) is 0.314. The lowest BCUT2D eigenvalue weighted by Crippen LogP contribution is -2.47. The van der Waals surface area contributed by atoms with Gasteiger partial charge in [-0.05, 0) is 29.8 Å². The number of urea groups is 1. The maximum atomic E-state index is 13.4. The average Bonchev–Trinajstić information content (AvgIpc) is 2.81. The quantitative estimate of drug-likeness (QED) is 0.575. The molecule has 36 heavy (non-hydrogen) atoms. The van der Waals surface area contributed by atoms with Crippen LogP contribution in [0.1, 0.15) is 23.1 Å². The summed E-state index contributed by atoms with van der Waals surface area (Å²) >= 11 is 0. The third-order valence-corrected chi connectivity index (χ3v) is 6.11. The van der Waals surface area contributed by atoms with Crippen molar-refractivity contribution in [2.75, 3.05) is 44.7 Å². The first-order chi connectivity index (χ1) is 17.1. The van der Waals surface area contributed by atoms with E-state index in [1.54, 1.807) is 25.2 Å². The van der Waals surface area contributed by atoms with Gasteiger partial charge in [0, 0.05) is 57.1 Å². The number of nitrogens with one attached hydrogen (secondary N) is 2. The molecule has 4 rings (SSSR count). The molecule has 0 saturated heterocycles. The van der Waals surface area contributed by atoms with Gasteiger partial charge in [0.15, 0.2) is 5.60 Å². The molecule has 0 aliphatic carbocycles. The van der Waals surface area contributed by atoms with Crippen LogP contribution in [-0.4, -0.2) is 52.0 Å². The number of hydrogen-bond acceptors (Lipinski definition) is 5. The van der Waals surface area contributed by atoms with Crippen molar-refractivity contribution in [3.05, 3.63) is 59.2 Å². The van der Waals surface area contributed by atoms with Gasteiger partial charge in [0.25, 0.3) is 0 Å². The fourth-order valence-electron chi connectivity index (χ4n) is 4.53. The number of carbonyl (C=O) groups is 2. The van der Waals surface area contributed by atoms with Crippen molar-refractivity contribution in [1.29, 1.82) is 0 Å². The number of alkyl halides is 3. The van der Waals surface area contributed by atoms with Gasteiger partial charge in [0.2, 0.25) is 5.91 Å². The van der Waals surface area contributed by atoms with E-state index in [-0.39, 0.29) is 38.0 Å². The molecule has 2 N–H and O–H groups in total. The van der Waals surface area contributed by atoms with Crippen LogP contribution in [0.2, 0.25) is 0 Å². The predicted octanol–water partition coefficient (Wildman–Crippen LogP) is 4.20. The Bertz CT molecular complexity index is 1210. The normalized spacial score (nSPS) is 17.7. The fourth-order valence-corrected chi connectivity index (χ4v) is 4.53. The molecule has 0 aromatic heterocycles. The van der Waals surface area contributed by atoms with Gasteiger partial charge in [0.05, 0.1) is 24.5 Å². The van der Waals surface area contributed by atoms with E-state index in [1.807, 2.05) is 0 Å². The van der Waals surface area contributed by atoms with Crippen LogP contribution in [0, 0.1) is 0 Å². The summed E-state index contributed by atoms with van der Waals surface area (Å²) in [4.78, 5) is 26.5. The molecule has 2 heterocycles. The number of hydrogen-bond donors (Lipinski definition) is 2. The SMILES string of the molecule is COCC1(COC)C/C(=C\C(=O)Nc2cccc3c2CNC(=O)N3C)c2ccc(C(F)(F)F)cc2O1. The molecule has 0 radical (unpaired) electrons. The summed E-state index contributed by atoms with van der Waals surface area (Å²) < 4.78 is 56.7. The highest BCUT2D eigenvalue weighted by Gasteiger charge is 2.41. The van der Waals surface area contributed by atoms with Crippen LogP contribution in [0.3, 0.4) is 0 Å². The lowest BCUT2D eigenvalue weighted by molar-refractivity contribution is -0.138. The van der Waals surface area contributed by atoms with Crippen LogP contribution in [0.15, 0.2) is 42.5 Å². The number of halogens is 3. The lowest BCUT2D eigenvalue weighted by atomic mass is 9.86.